The van der Waals surface area contributed by atoms with Gasteiger partial charge in [0.2, 0.25) is 15.9 Å². The van der Waals surface area contributed by atoms with Crippen molar-refractivity contribution < 1.29 is 26.0 Å². The molecule has 1 N–H and O–H groups in total. The quantitative estimate of drug-likeness (QED) is 0.332. The van der Waals surface area contributed by atoms with Crippen molar-refractivity contribution in [2.75, 3.05) is 11.9 Å². The van der Waals surface area contributed by atoms with Gasteiger partial charge in [-0.2, -0.15) is 4.31 Å². The van der Waals surface area contributed by atoms with Gasteiger partial charge in [-0.05, 0) is 73.4 Å². The Hall–Kier alpha value is -3.87. The Morgan fingerprint density at radius 3 is 2.23 bits per heavy atom. The Morgan fingerprint density at radius 1 is 0.900 bits per heavy atom. The maximum Gasteiger partial charge on any atom is 0.322 e. The zero-order chi connectivity index (χ0) is 28.5. The smallest absolute Gasteiger partial charge is 0.322 e. The molecule has 5 rings (SSSR count). The van der Waals surface area contributed by atoms with Crippen molar-refractivity contribution in [3.05, 3.63) is 101 Å². The van der Waals surface area contributed by atoms with Gasteiger partial charge < -0.3 is 4.42 Å². The van der Waals surface area contributed by atoms with Crippen LogP contribution in [0.5, 0.6) is 0 Å². The molecule has 0 fully saturated rings. The van der Waals surface area contributed by atoms with E-state index < -0.39 is 31.0 Å². The number of fused-ring (bicyclic) bond motifs is 1. The van der Waals surface area contributed by atoms with E-state index in [0.717, 1.165) is 16.7 Å². The van der Waals surface area contributed by atoms with Crippen LogP contribution in [0.2, 0.25) is 0 Å². The topological polar surface area (TPSA) is 140 Å². The highest BCUT2D eigenvalue weighted by Gasteiger charge is 2.28. The molecule has 0 bridgehead atoms. The number of hydrogen-bond donors (Lipinski definition) is 1. The molecule has 1 aliphatic heterocycles. The van der Waals surface area contributed by atoms with Gasteiger partial charge in [-0.15, -0.1) is 5.10 Å². The maximum absolute atomic E-state index is 13.2. The van der Waals surface area contributed by atoms with Crippen molar-refractivity contribution >= 4 is 31.8 Å². The third kappa shape index (κ3) is 5.69. The molecule has 0 spiro atoms. The first-order valence-electron chi connectivity index (χ1n) is 12.7. The highest BCUT2D eigenvalue weighted by molar-refractivity contribution is 7.92. The number of aromatic nitrogens is 2. The molecule has 40 heavy (non-hydrogen) atoms. The highest BCUT2D eigenvalue weighted by atomic mass is 32.2. The molecule has 3 aromatic carbocycles. The van der Waals surface area contributed by atoms with E-state index in [2.05, 4.69) is 15.5 Å². The lowest BCUT2D eigenvalue weighted by atomic mass is 10.0. The summed E-state index contributed by atoms with van der Waals surface area (Å²) in [7, 11) is -7.09. The van der Waals surface area contributed by atoms with Crippen molar-refractivity contribution in [1.29, 1.82) is 0 Å². The largest absolute Gasteiger partial charge is 0.407 e. The highest BCUT2D eigenvalue weighted by Crippen LogP contribution is 2.25. The minimum Gasteiger partial charge on any atom is -0.407 e. The predicted molar refractivity (Wildman–Crippen MR) is 148 cm³/mol. The Balaban J connectivity index is 1.21. The molecule has 0 atom stereocenters. The molecule has 0 aliphatic carbocycles. The van der Waals surface area contributed by atoms with Crippen LogP contribution in [0.1, 0.15) is 46.8 Å². The molecular formula is C28H28N4O6S2. The Kier molecular flexibility index (Phi) is 7.58. The van der Waals surface area contributed by atoms with Gasteiger partial charge in [0, 0.05) is 18.7 Å². The number of carbonyl (C=O) groups excluding carboxylic acids is 1. The number of nitrogens with one attached hydrogen (secondary N) is 1. The second-order valence-corrected chi connectivity index (χ2v) is 14.2. The second kappa shape index (κ2) is 11.0. The summed E-state index contributed by atoms with van der Waals surface area (Å²) in [5.74, 6) is -0.298. The van der Waals surface area contributed by atoms with Crippen LogP contribution in [0, 0.1) is 0 Å². The second-order valence-electron chi connectivity index (χ2n) is 9.75. The SMILES string of the molecule is CC(C)S(=O)(=O)c1ccc(Cc2nnc(NC(=O)c3ccc(S(=O)(=O)N4CCc5ccccc5C4)cc3)o2)cc1. The van der Waals surface area contributed by atoms with Gasteiger partial charge >= 0.3 is 6.01 Å². The third-order valence-corrected chi connectivity index (χ3v) is 10.8. The zero-order valence-electron chi connectivity index (χ0n) is 21.9. The van der Waals surface area contributed by atoms with Gasteiger partial charge in [0.05, 0.1) is 21.5 Å². The number of hydrogen-bond acceptors (Lipinski definition) is 8. The van der Waals surface area contributed by atoms with Crippen LogP contribution < -0.4 is 5.32 Å². The minimum atomic E-state index is -3.72. The first-order chi connectivity index (χ1) is 19.0. The molecule has 0 unspecified atom stereocenters. The van der Waals surface area contributed by atoms with Gasteiger partial charge in [-0.25, -0.2) is 16.8 Å². The maximum atomic E-state index is 13.2. The van der Waals surface area contributed by atoms with Gasteiger partial charge in [0.15, 0.2) is 9.84 Å². The molecular weight excluding hydrogens is 552 g/mol. The van der Waals surface area contributed by atoms with Crippen LogP contribution in [0.25, 0.3) is 0 Å². The summed E-state index contributed by atoms with van der Waals surface area (Å²) in [4.78, 5) is 13.1. The van der Waals surface area contributed by atoms with Gasteiger partial charge in [0.1, 0.15) is 0 Å². The van der Waals surface area contributed by atoms with Crippen LogP contribution in [0.4, 0.5) is 6.01 Å². The fourth-order valence-electron chi connectivity index (χ4n) is 4.39. The molecule has 208 valence electrons. The van der Waals surface area contributed by atoms with E-state index in [4.69, 9.17) is 4.42 Å². The first kappa shape index (κ1) is 27.7. The van der Waals surface area contributed by atoms with Crippen molar-refractivity contribution in [3.63, 3.8) is 0 Å². The van der Waals surface area contributed by atoms with Crippen molar-refractivity contribution in [2.45, 2.75) is 48.3 Å². The molecule has 0 saturated carbocycles. The molecule has 10 nitrogen and oxygen atoms in total. The molecule has 2 heterocycles. The average Bonchev–Trinajstić information content (AvgIpc) is 3.39. The van der Waals surface area contributed by atoms with Gasteiger partial charge in [0.25, 0.3) is 5.91 Å². The fourth-order valence-corrected chi connectivity index (χ4v) is 6.87. The van der Waals surface area contributed by atoms with E-state index in [-0.39, 0.29) is 33.7 Å². The van der Waals surface area contributed by atoms with E-state index in [9.17, 15) is 21.6 Å². The Bertz CT molecular complexity index is 1750. The number of benzene rings is 3. The van der Waals surface area contributed by atoms with E-state index >= 15 is 0 Å². The van der Waals surface area contributed by atoms with E-state index in [1.54, 1.807) is 26.0 Å². The fraction of sp³-hybridized carbons (Fsp3) is 0.250. The number of nitrogens with zero attached hydrogens (tertiary/aromatic N) is 3. The van der Waals surface area contributed by atoms with E-state index in [0.29, 0.717) is 19.5 Å². The summed E-state index contributed by atoms with van der Waals surface area (Å²) in [5, 5.41) is 9.79. The minimum absolute atomic E-state index is 0.107. The normalized spacial score (nSPS) is 14.2. The number of amides is 1. The molecule has 1 amide bonds. The van der Waals surface area contributed by atoms with Gasteiger partial charge in [-0.3, -0.25) is 10.1 Å². The number of carbonyl (C=O) groups is 1. The van der Waals surface area contributed by atoms with Gasteiger partial charge in [-0.1, -0.05) is 41.5 Å². The molecule has 0 saturated heterocycles. The monoisotopic (exact) mass is 580 g/mol. The zero-order valence-corrected chi connectivity index (χ0v) is 23.6. The summed E-state index contributed by atoms with van der Waals surface area (Å²) in [5.41, 5.74) is 3.13. The summed E-state index contributed by atoms with van der Waals surface area (Å²) < 4.78 is 57.9. The number of rotatable bonds is 8. The number of sulfonamides is 1. The summed E-state index contributed by atoms with van der Waals surface area (Å²) in [6, 6.07) is 19.8. The molecule has 12 heteroatoms. The summed E-state index contributed by atoms with van der Waals surface area (Å²) >= 11 is 0. The molecule has 1 aliphatic rings. The van der Waals surface area contributed by atoms with Crippen LogP contribution in [0.15, 0.2) is 87.0 Å². The van der Waals surface area contributed by atoms with Crippen molar-refractivity contribution in [1.82, 2.24) is 14.5 Å². The molecule has 1 aromatic heterocycles. The first-order valence-corrected chi connectivity index (χ1v) is 15.7. The van der Waals surface area contributed by atoms with Crippen molar-refractivity contribution in [2.24, 2.45) is 0 Å². The van der Waals surface area contributed by atoms with Crippen LogP contribution in [0.3, 0.4) is 0 Å². The van der Waals surface area contributed by atoms with E-state index in [1.807, 2.05) is 24.3 Å². The lowest BCUT2D eigenvalue weighted by Crippen LogP contribution is -2.35. The molecule has 0 radical (unpaired) electrons. The van der Waals surface area contributed by atoms with Crippen LogP contribution in [-0.2, 0) is 39.2 Å². The Labute approximate surface area is 233 Å². The number of anilines is 1. The summed E-state index contributed by atoms with van der Waals surface area (Å²) in [6.45, 7) is 3.95. The summed E-state index contributed by atoms with van der Waals surface area (Å²) in [6.07, 6.45) is 0.895. The standard InChI is InChI=1S/C28H28N4O6S2/c1-19(2)39(34,35)24-11-7-20(8-12-24)17-26-30-31-28(38-26)29-27(33)22-9-13-25(14-10-22)40(36,37)32-16-15-21-5-3-4-6-23(21)18-32/h3-14,19H,15-18H2,1-2H3,(H,29,31,33). The predicted octanol–water partition coefficient (Wildman–Crippen LogP) is 3.84. The Morgan fingerprint density at radius 2 is 1.55 bits per heavy atom. The average molecular weight is 581 g/mol. The lowest BCUT2D eigenvalue weighted by molar-refractivity contribution is 0.102. The third-order valence-electron chi connectivity index (χ3n) is 6.77. The molecule has 4 aromatic rings. The van der Waals surface area contributed by atoms with Crippen LogP contribution in [-0.4, -0.2) is 49.0 Å². The van der Waals surface area contributed by atoms with Crippen LogP contribution >= 0.6 is 0 Å². The lowest BCUT2D eigenvalue weighted by Gasteiger charge is -2.28. The van der Waals surface area contributed by atoms with E-state index in [1.165, 1.54) is 40.7 Å². The number of sulfone groups is 1. The van der Waals surface area contributed by atoms with Crippen molar-refractivity contribution in [3.8, 4) is 0 Å².